The highest BCUT2D eigenvalue weighted by molar-refractivity contribution is 5.98. The van der Waals surface area contributed by atoms with Crippen LogP contribution in [0.3, 0.4) is 0 Å². The van der Waals surface area contributed by atoms with E-state index in [0.717, 1.165) is 11.6 Å². The first-order chi connectivity index (χ1) is 4.38. The normalized spacial score (nSPS) is 21.2. The topological polar surface area (TPSA) is 38.4 Å². The Balaban J connectivity index is 2.48. The van der Waals surface area contributed by atoms with Crippen molar-refractivity contribution in [3.8, 4) is 0 Å². The summed E-state index contributed by atoms with van der Waals surface area (Å²) in [6, 6.07) is 0. The first-order valence-electron chi connectivity index (χ1n) is 3.23. The minimum absolute atomic E-state index is 0.717. The summed E-state index contributed by atoms with van der Waals surface area (Å²) in [6.45, 7) is 0. The van der Waals surface area contributed by atoms with Gasteiger partial charge in [0.15, 0.2) is 0 Å². The molecule has 0 aromatic carbocycles. The maximum Gasteiger partial charge on any atom is 0.0390 e. The van der Waals surface area contributed by atoms with Gasteiger partial charge in [-0.1, -0.05) is 0 Å². The Morgan fingerprint density at radius 2 is 2.33 bits per heavy atom. The quantitative estimate of drug-likeness (QED) is 0.546. The molecular weight excluding hydrogens is 112 g/mol. The molecule has 0 aromatic rings. The third kappa shape index (κ3) is 1.56. The van der Waals surface area contributed by atoms with Crippen molar-refractivity contribution in [2.45, 2.75) is 12.8 Å². The molecule has 0 aliphatic heterocycles. The van der Waals surface area contributed by atoms with E-state index in [4.69, 9.17) is 5.73 Å². The summed E-state index contributed by atoms with van der Waals surface area (Å²) >= 11 is 0. The molecule has 2 N–H and O–H groups in total. The van der Waals surface area contributed by atoms with Gasteiger partial charge in [-0.05, 0) is 25.1 Å². The van der Waals surface area contributed by atoms with Crippen molar-refractivity contribution in [1.82, 2.24) is 0 Å². The molecule has 0 unspecified atom stereocenters. The van der Waals surface area contributed by atoms with Crippen LogP contribution >= 0.6 is 0 Å². The smallest absolute Gasteiger partial charge is 0.0390 e. The summed E-state index contributed by atoms with van der Waals surface area (Å²) < 4.78 is 0. The van der Waals surface area contributed by atoms with Gasteiger partial charge in [0.05, 0.1) is 0 Å². The van der Waals surface area contributed by atoms with Crippen LogP contribution in [0.25, 0.3) is 0 Å². The van der Waals surface area contributed by atoms with Crippen LogP contribution in [-0.4, -0.2) is 12.8 Å². The van der Waals surface area contributed by atoms with Gasteiger partial charge >= 0.3 is 0 Å². The van der Waals surface area contributed by atoms with Crippen LogP contribution in [0, 0.1) is 5.92 Å². The Labute approximate surface area is 55.5 Å². The molecule has 0 amide bonds. The van der Waals surface area contributed by atoms with Gasteiger partial charge in [-0.15, -0.1) is 0 Å². The number of rotatable bonds is 2. The van der Waals surface area contributed by atoms with Gasteiger partial charge < -0.3 is 5.73 Å². The van der Waals surface area contributed by atoms with Crippen LogP contribution < -0.4 is 5.73 Å². The van der Waals surface area contributed by atoms with Gasteiger partial charge in [0.1, 0.15) is 0 Å². The summed E-state index contributed by atoms with van der Waals surface area (Å²) in [5.74, 6) is 0.717. The maximum atomic E-state index is 5.21. The highest BCUT2D eigenvalue weighted by atomic mass is 14.7. The zero-order valence-electron chi connectivity index (χ0n) is 5.67. The minimum atomic E-state index is 0.717. The third-order valence-corrected chi connectivity index (χ3v) is 1.52. The molecule has 0 saturated heterocycles. The zero-order chi connectivity index (χ0) is 6.69. The average molecular weight is 124 g/mol. The van der Waals surface area contributed by atoms with Crippen LogP contribution in [0.5, 0.6) is 0 Å². The Kier molecular flexibility index (Phi) is 1.88. The molecule has 1 fully saturated rings. The molecule has 9 heavy (non-hydrogen) atoms. The zero-order valence-corrected chi connectivity index (χ0v) is 5.67. The van der Waals surface area contributed by atoms with Crippen LogP contribution in [-0.2, 0) is 0 Å². The SMILES string of the molecule is CN=C(/C=C/N)C1CC1. The van der Waals surface area contributed by atoms with Crippen molar-refractivity contribution in [1.29, 1.82) is 0 Å². The molecular formula is C7H12N2. The molecule has 0 bridgehead atoms. The lowest BCUT2D eigenvalue weighted by Gasteiger charge is -1.91. The molecule has 1 saturated carbocycles. The number of hydrogen-bond acceptors (Lipinski definition) is 2. The van der Waals surface area contributed by atoms with E-state index in [0.29, 0.717) is 0 Å². The predicted octanol–water partition coefficient (Wildman–Crippen LogP) is 0.940. The van der Waals surface area contributed by atoms with Gasteiger partial charge in [0.25, 0.3) is 0 Å². The largest absolute Gasteiger partial charge is 0.405 e. The van der Waals surface area contributed by atoms with Crippen molar-refractivity contribution in [2.24, 2.45) is 16.6 Å². The third-order valence-electron chi connectivity index (χ3n) is 1.52. The molecule has 1 aliphatic rings. The fourth-order valence-electron chi connectivity index (χ4n) is 0.871. The summed E-state index contributed by atoms with van der Waals surface area (Å²) in [6.07, 6.45) is 6.02. The Hall–Kier alpha value is -0.790. The molecule has 50 valence electrons. The second-order valence-corrected chi connectivity index (χ2v) is 2.28. The van der Waals surface area contributed by atoms with E-state index in [1.807, 2.05) is 13.1 Å². The molecule has 2 heteroatoms. The van der Waals surface area contributed by atoms with E-state index in [-0.39, 0.29) is 0 Å². The maximum absolute atomic E-state index is 5.21. The van der Waals surface area contributed by atoms with Gasteiger partial charge in [-0.2, -0.15) is 0 Å². The number of hydrogen-bond donors (Lipinski definition) is 1. The molecule has 0 spiro atoms. The van der Waals surface area contributed by atoms with Crippen LogP contribution in [0.2, 0.25) is 0 Å². The van der Waals surface area contributed by atoms with Crippen molar-refractivity contribution in [2.75, 3.05) is 7.05 Å². The van der Waals surface area contributed by atoms with Crippen molar-refractivity contribution >= 4 is 5.71 Å². The van der Waals surface area contributed by atoms with Gasteiger partial charge in [-0.3, -0.25) is 4.99 Å². The van der Waals surface area contributed by atoms with Crippen molar-refractivity contribution in [3.63, 3.8) is 0 Å². The molecule has 2 nitrogen and oxygen atoms in total. The van der Waals surface area contributed by atoms with E-state index in [9.17, 15) is 0 Å². The van der Waals surface area contributed by atoms with Gasteiger partial charge in [0.2, 0.25) is 0 Å². The van der Waals surface area contributed by atoms with E-state index < -0.39 is 0 Å². The number of nitrogens with two attached hydrogens (primary N) is 1. The lowest BCUT2D eigenvalue weighted by molar-refractivity contribution is 1.18. The Bertz CT molecular complexity index is 143. The van der Waals surface area contributed by atoms with Gasteiger partial charge in [-0.25, -0.2) is 0 Å². The molecule has 0 atom stereocenters. The van der Waals surface area contributed by atoms with Crippen molar-refractivity contribution in [3.05, 3.63) is 12.3 Å². The highest BCUT2D eigenvalue weighted by Gasteiger charge is 2.24. The van der Waals surface area contributed by atoms with E-state index in [2.05, 4.69) is 4.99 Å². The molecule has 0 radical (unpaired) electrons. The first-order valence-corrected chi connectivity index (χ1v) is 3.23. The summed E-state index contributed by atoms with van der Waals surface area (Å²) in [5.41, 5.74) is 6.36. The van der Waals surface area contributed by atoms with Crippen LogP contribution in [0.4, 0.5) is 0 Å². The summed E-state index contributed by atoms with van der Waals surface area (Å²) in [5, 5.41) is 0. The van der Waals surface area contributed by atoms with Crippen LogP contribution in [0.1, 0.15) is 12.8 Å². The van der Waals surface area contributed by atoms with Gasteiger partial charge in [0, 0.05) is 18.7 Å². The highest BCUT2D eigenvalue weighted by Crippen LogP contribution is 2.30. The molecule has 1 aliphatic carbocycles. The monoisotopic (exact) mass is 124 g/mol. The van der Waals surface area contributed by atoms with E-state index in [1.165, 1.54) is 12.8 Å². The number of aliphatic imine (C=N–C) groups is 1. The number of nitrogens with zero attached hydrogens (tertiary/aromatic N) is 1. The molecule has 0 heterocycles. The van der Waals surface area contributed by atoms with E-state index in [1.54, 1.807) is 6.20 Å². The predicted molar refractivity (Wildman–Crippen MR) is 39.4 cm³/mol. The second-order valence-electron chi connectivity index (χ2n) is 2.28. The Morgan fingerprint density at radius 3 is 2.67 bits per heavy atom. The summed E-state index contributed by atoms with van der Waals surface area (Å²) in [7, 11) is 1.81. The summed E-state index contributed by atoms with van der Waals surface area (Å²) in [4.78, 5) is 4.09. The lowest BCUT2D eigenvalue weighted by atomic mass is 10.2. The van der Waals surface area contributed by atoms with E-state index >= 15 is 0 Å². The second kappa shape index (κ2) is 2.67. The Morgan fingerprint density at radius 1 is 1.67 bits per heavy atom. The standard InChI is InChI=1S/C7H12N2/c1-9-7(4-5-8)6-2-3-6/h4-6H,2-3,8H2,1H3/b5-4+,9-7?. The fraction of sp³-hybridized carbons (Fsp3) is 0.571. The molecule has 0 aromatic heterocycles. The van der Waals surface area contributed by atoms with Crippen LogP contribution in [0.15, 0.2) is 17.3 Å². The first kappa shape index (κ1) is 6.33. The fourth-order valence-corrected chi connectivity index (χ4v) is 0.871. The average Bonchev–Trinajstić information content (AvgIpc) is 2.64. The lowest BCUT2D eigenvalue weighted by Crippen LogP contribution is -1.96. The minimum Gasteiger partial charge on any atom is -0.405 e. The number of allylic oxidation sites excluding steroid dienone is 1. The van der Waals surface area contributed by atoms with Crippen molar-refractivity contribution < 1.29 is 0 Å². The molecule has 1 rings (SSSR count).